The summed E-state index contributed by atoms with van der Waals surface area (Å²) >= 11 is 6.36. The molecule has 0 saturated carbocycles. The molecule has 7 amide bonds. The van der Waals surface area contributed by atoms with Crippen molar-refractivity contribution in [3.05, 3.63) is 148 Å². The number of halogens is 1. The lowest BCUT2D eigenvalue weighted by Crippen LogP contribution is -2.56. The fraction of sp³-hybridized carbons (Fsp3) is 0.279. The zero-order valence-corrected chi connectivity index (χ0v) is 58.1. The number of hydrogen-bond acceptors (Lipinski definition) is 20. The summed E-state index contributed by atoms with van der Waals surface area (Å²) in [4.78, 5) is 165. The number of phenols is 1. The Kier molecular flexibility index (Phi) is 25.7. The number of aromatic amines is 3. The number of guanidine groups is 1. The third-order valence-electron chi connectivity index (χ3n) is 16.3. The molecular formula is C68H73ClN18O15S2. The lowest BCUT2D eigenvalue weighted by atomic mass is 9.95. The molecule has 0 bridgehead atoms. The fourth-order valence-corrected chi connectivity index (χ4v) is 12.8. The van der Waals surface area contributed by atoms with Crippen LogP contribution < -0.4 is 64.9 Å². The van der Waals surface area contributed by atoms with E-state index in [0.717, 1.165) is 55.4 Å². The molecule has 0 radical (unpaired) electrons. The number of aromatic hydroxyl groups is 1. The zero-order valence-electron chi connectivity index (χ0n) is 55.7. The van der Waals surface area contributed by atoms with E-state index in [-0.39, 0.29) is 89.7 Å². The van der Waals surface area contributed by atoms with Crippen LogP contribution in [0.4, 0.5) is 28.7 Å². The minimum absolute atomic E-state index is 0.00118. The Labute approximate surface area is 603 Å². The first-order chi connectivity index (χ1) is 49.8. The number of nitrogens with two attached hydrogens (primary N) is 3. The first-order valence-electron chi connectivity index (χ1n) is 32.2. The highest BCUT2D eigenvalue weighted by Gasteiger charge is 2.36. The molecule has 20 N–H and O–H groups in total. The third kappa shape index (κ3) is 19.8. The third-order valence-corrected chi connectivity index (χ3v) is 18.5. The number of nitrogens with one attached hydrogen (secondary N) is 10. The van der Waals surface area contributed by atoms with Gasteiger partial charge >= 0.3 is 17.9 Å². The maximum Gasteiger partial charge on any atom is 0.327 e. The summed E-state index contributed by atoms with van der Waals surface area (Å²) in [6.45, 7) is 2.52. The number of aliphatic imine (C=N–C) groups is 1. The van der Waals surface area contributed by atoms with Gasteiger partial charge in [0, 0.05) is 99.4 Å². The molecule has 104 heavy (non-hydrogen) atoms. The first-order valence-corrected chi connectivity index (χ1v) is 35.5. The van der Waals surface area contributed by atoms with E-state index in [2.05, 4.69) is 72.1 Å². The van der Waals surface area contributed by atoms with E-state index < -0.39 is 90.5 Å². The number of nitrogen functional groups attached to an aromatic ring is 1. The lowest BCUT2D eigenvalue weighted by Gasteiger charge is -2.24. The van der Waals surface area contributed by atoms with Gasteiger partial charge in [-0.05, 0) is 116 Å². The number of anilines is 5. The van der Waals surface area contributed by atoms with Crippen LogP contribution in [-0.2, 0) is 40.1 Å². The van der Waals surface area contributed by atoms with Gasteiger partial charge in [0.2, 0.25) is 29.6 Å². The van der Waals surface area contributed by atoms with Gasteiger partial charge in [0.25, 0.3) is 23.3 Å². The number of nitrogens with zero attached hydrogens (tertiary/aromatic N) is 5. The molecule has 10 rings (SSSR count). The second-order valence-electron chi connectivity index (χ2n) is 23.8. The second-order valence-corrected chi connectivity index (χ2v) is 26.7. The summed E-state index contributed by atoms with van der Waals surface area (Å²) in [5.74, 6) is -8.65. The van der Waals surface area contributed by atoms with Gasteiger partial charge < -0.3 is 89.7 Å². The lowest BCUT2D eigenvalue weighted by molar-refractivity contribution is -0.143. The van der Waals surface area contributed by atoms with Crippen molar-refractivity contribution < 1.29 is 68.4 Å². The number of aromatic nitrogens is 6. The van der Waals surface area contributed by atoms with E-state index in [1.807, 2.05) is 55.5 Å². The number of amides is 7. The molecule has 33 nitrogen and oxygen atoms in total. The molecule has 544 valence electrons. The molecule has 9 aromatic rings. The van der Waals surface area contributed by atoms with Gasteiger partial charge in [0.15, 0.2) is 17.1 Å². The van der Waals surface area contributed by atoms with Crippen molar-refractivity contribution in [3.8, 4) is 5.75 Å². The molecule has 1 aliphatic rings. The molecule has 36 heteroatoms. The summed E-state index contributed by atoms with van der Waals surface area (Å²) < 4.78 is 0. The number of carboxylic acid groups (broad SMARTS) is 3. The predicted octanol–water partition coefficient (Wildman–Crippen LogP) is 5.43. The summed E-state index contributed by atoms with van der Waals surface area (Å²) in [5, 5.41) is 60.7. The molecule has 0 aliphatic carbocycles. The zero-order chi connectivity index (χ0) is 74.9. The number of carboxylic acids is 3. The Morgan fingerprint density at radius 2 is 1.36 bits per heavy atom. The van der Waals surface area contributed by atoms with Crippen molar-refractivity contribution in [3.63, 3.8) is 0 Å². The maximum atomic E-state index is 13.8. The van der Waals surface area contributed by atoms with Crippen LogP contribution in [0.3, 0.4) is 0 Å². The van der Waals surface area contributed by atoms with Crippen LogP contribution >= 0.6 is 33.2 Å². The van der Waals surface area contributed by atoms with Crippen molar-refractivity contribution in [2.45, 2.75) is 88.5 Å². The summed E-state index contributed by atoms with van der Waals surface area (Å²) in [6.07, 6.45) is 2.46. The van der Waals surface area contributed by atoms with Gasteiger partial charge in [-0.3, -0.25) is 53.1 Å². The average molecular weight is 1480 g/mol. The van der Waals surface area contributed by atoms with E-state index in [9.17, 15) is 73.2 Å². The number of carbonyl (C=O) groups is 10. The quantitative estimate of drug-likeness (QED) is 0.00846. The van der Waals surface area contributed by atoms with Crippen LogP contribution in [0.15, 0.2) is 119 Å². The molecule has 0 spiro atoms. The Balaban J connectivity index is 0.000000249. The second kappa shape index (κ2) is 35.1. The van der Waals surface area contributed by atoms with E-state index in [1.165, 1.54) is 29.1 Å². The summed E-state index contributed by atoms with van der Waals surface area (Å²) in [7, 11) is 2.37. The van der Waals surface area contributed by atoms with Crippen LogP contribution in [0.1, 0.15) is 100 Å². The standard InChI is InChI=1S/C35H30ClN5O4.C33H43N13O11S2/c1-2-5-32(43)37-22-8-10-26-19(12-22)14-28(39-26)34(44)38-23-9-11-27-20(13-23)15-29(40-27)35(45)41-18-21(17-36)33-25-7-4-3-6-24(25)31(42)16-30(33)41;1-58-59-14-21(31(56)57)44-28(52)20(11-23(48)49)43-27(51)18(3-2-10-37-32(34)35)41-22(47)9-8-19(30(54)55)42-26(50)15-4-6-16(7-5-15)38-12-17-13-39-25-24(40-17)29(53)46-33(36)45-25/h3-4,6-16,21,39-40,42H,2,5,17-18H2,1H3,(H,37,43)(H,38,44);4-7,13,18-21,38H,2-3,8-12,14H2,1H3,(H,41,47)(H,42,50)(H,43,51)(H,44,52)(H,48,49)(H,54,55)(H,56,57)(H4,34,35,37)(H3,36,39,45,46,53)/t;18-,19-,20-,21?/m.1/s1. The molecule has 5 aromatic carbocycles. The van der Waals surface area contributed by atoms with Gasteiger partial charge in [-0.15, -0.1) is 11.6 Å². The van der Waals surface area contributed by atoms with Gasteiger partial charge in [0.05, 0.1) is 30.5 Å². The highest BCUT2D eigenvalue weighted by molar-refractivity contribution is 8.76. The SMILES string of the molecule is CCCC(=O)Nc1ccc2[nH]c(C(=O)Nc3ccc4[nH]c(C(=O)N5CC(CCl)c6c5cc(O)c5ccccc65)cc4c3)cc2c1.CSSCC(NC(=O)[C@@H](CC(=O)O)NC(=O)[C@@H](CCCN=C(N)N)NC(=O)CC[C@@H](NC(=O)c1ccc(NCc2cnc3nc(N)[nH]c(=O)c3n2)cc1)C(=O)O)C(=O)O. The molecule has 2 unspecified atom stereocenters. The Bertz CT molecular complexity index is 4860. The van der Waals surface area contributed by atoms with Crippen LogP contribution in [0.5, 0.6) is 5.75 Å². The van der Waals surface area contributed by atoms with Crippen LogP contribution in [0, 0.1) is 0 Å². The Hall–Kier alpha value is -12.0. The van der Waals surface area contributed by atoms with E-state index in [1.54, 1.807) is 53.6 Å². The van der Waals surface area contributed by atoms with Crippen molar-refractivity contribution in [1.29, 1.82) is 0 Å². The minimum Gasteiger partial charge on any atom is -0.507 e. The topological polar surface area (TPSA) is 533 Å². The highest BCUT2D eigenvalue weighted by atomic mass is 35.5. The molecule has 5 heterocycles. The van der Waals surface area contributed by atoms with Gasteiger partial charge in [0.1, 0.15) is 41.3 Å². The maximum absolute atomic E-state index is 13.8. The van der Waals surface area contributed by atoms with Crippen molar-refractivity contribution in [1.82, 2.24) is 51.2 Å². The van der Waals surface area contributed by atoms with Crippen LogP contribution in [0.25, 0.3) is 43.7 Å². The number of fused-ring (bicyclic) bond motifs is 6. The molecular weight excluding hydrogens is 1410 g/mol. The van der Waals surface area contributed by atoms with Gasteiger partial charge in [-0.2, -0.15) is 4.98 Å². The van der Waals surface area contributed by atoms with E-state index in [0.29, 0.717) is 58.7 Å². The molecule has 0 fully saturated rings. The fourth-order valence-electron chi connectivity index (χ4n) is 11.2. The van der Waals surface area contributed by atoms with Crippen LogP contribution in [0.2, 0.25) is 0 Å². The summed E-state index contributed by atoms with van der Waals surface area (Å²) in [5.41, 5.74) is 21.9. The first kappa shape index (κ1) is 76.2. The van der Waals surface area contributed by atoms with Crippen LogP contribution in [-0.4, -0.2) is 171 Å². The van der Waals surface area contributed by atoms with Gasteiger partial charge in [-0.1, -0.05) is 52.8 Å². The monoisotopic (exact) mass is 1480 g/mol. The minimum atomic E-state index is -1.74. The number of alkyl halides is 1. The van der Waals surface area contributed by atoms with Crippen molar-refractivity contribution >= 4 is 171 Å². The van der Waals surface area contributed by atoms with E-state index >= 15 is 0 Å². The summed E-state index contributed by atoms with van der Waals surface area (Å²) in [6, 6.07) is 23.4. The Morgan fingerprint density at radius 3 is 2.01 bits per heavy atom. The number of carbonyl (C=O) groups excluding carboxylic acids is 7. The number of aliphatic carboxylic acids is 3. The molecule has 0 saturated heterocycles. The number of benzene rings is 5. The highest BCUT2D eigenvalue weighted by Crippen LogP contribution is 2.46. The Morgan fingerprint density at radius 1 is 0.712 bits per heavy atom. The normalized spacial score (nSPS) is 13.5. The number of rotatable bonds is 31. The number of H-pyrrole nitrogens is 3. The molecule has 1 aliphatic heterocycles. The smallest absolute Gasteiger partial charge is 0.327 e. The largest absolute Gasteiger partial charge is 0.507 e. The van der Waals surface area contributed by atoms with Crippen molar-refractivity contribution in [2.75, 3.05) is 57.6 Å². The number of phenolic OH excluding ortho intramolecular Hbond substituents is 1. The van der Waals surface area contributed by atoms with Crippen molar-refractivity contribution in [2.24, 2.45) is 16.5 Å². The molecule has 4 aromatic heterocycles. The van der Waals surface area contributed by atoms with E-state index in [4.69, 9.17) is 28.8 Å². The number of hydrogen-bond donors (Lipinski definition) is 17. The molecule has 5 atom stereocenters. The van der Waals surface area contributed by atoms with Gasteiger partial charge in [-0.25, -0.2) is 19.6 Å². The average Bonchev–Trinajstić information content (AvgIpc) is 1.58. The predicted molar refractivity (Wildman–Crippen MR) is 395 cm³/mol.